The Balaban J connectivity index is 1.72. The van der Waals surface area contributed by atoms with Crippen molar-refractivity contribution in [3.63, 3.8) is 0 Å². The SMILES string of the molecule is CCCCCCCCc1nnc(NC(=O)CCc2ccc(S(=O)(=O)NC)cc2)s1. The number of sulfonamides is 1. The Morgan fingerprint density at radius 2 is 1.69 bits per heavy atom. The average Bonchev–Trinajstić information content (AvgIpc) is 3.16. The summed E-state index contributed by atoms with van der Waals surface area (Å²) in [5.74, 6) is -0.126. The maximum absolute atomic E-state index is 12.2. The molecule has 0 bridgehead atoms. The lowest BCUT2D eigenvalue weighted by Gasteiger charge is -2.05. The Morgan fingerprint density at radius 3 is 2.38 bits per heavy atom. The smallest absolute Gasteiger partial charge is 0.240 e. The average molecular weight is 439 g/mol. The van der Waals surface area contributed by atoms with Crippen LogP contribution in [0, 0.1) is 0 Å². The minimum atomic E-state index is -3.44. The van der Waals surface area contributed by atoms with Crippen LogP contribution in [0.1, 0.15) is 62.4 Å². The zero-order chi connectivity index (χ0) is 21.1. The molecule has 0 aliphatic rings. The van der Waals surface area contributed by atoms with E-state index >= 15 is 0 Å². The molecule has 9 heteroatoms. The molecule has 2 N–H and O–H groups in total. The summed E-state index contributed by atoms with van der Waals surface area (Å²) in [6, 6.07) is 6.53. The van der Waals surface area contributed by atoms with Gasteiger partial charge in [-0.2, -0.15) is 0 Å². The third-order valence-electron chi connectivity index (χ3n) is 4.60. The van der Waals surface area contributed by atoms with Gasteiger partial charge >= 0.3 is 0 Å². The number of benzene rings is 1. The van der Waals surface area contributed by atoms with Crippen LogP contribution in [0.4, 0.5) is 5.13 Å². The molecule has 0 atom stereocenters. The Bertz CT molecular complexity index is 864. The summed E-state index contributed by atoms with van der Waals surface area (Å²) >= 11 is 1.43. The second kappa shape index (κ2) is 12.0. The van der Waals surface area contributed by atoms with Crippen molar-refractivity contribution in [1.29, 1.82) is 0 Å². The van der Waals surface area contributed by atoms with Crippen LogP contribution < -0.4 is 10.0 Å². The number of rotatable bonds is 13. The summed E-state index contributed by atoms with van der Waals surface area (Å²) in [7, 11) is -2.07. The van der Waals surface area contributed by atoms with Crippen LogP contribution in [0.5, 0.6) is 0 Å². The van der Waals surface area contributed by atoms with E-state index in [1.165, 1.54) is 50.5 Å². The molecule has 0 aliphatic carbocycles. The predicted molar refractivity (Wildman–Crippen MR) is 117 cm³/mol. The van der Waals surface area contributed by atoms with Crippen molar-refractivity contribution in [2.75, 3.05) is 12.4 Å². The summed E-state index contributed by atoms with van der Waals surface area (Å²) in [4.78, 5) is 12.4. The third kappa shape index (κ3) is 8.20. The number of carbonyl (C=O) groups is 1. The molecule has 0 fully saturated rings. The van der Waals surface area contributed by atoms with Gasteiger partial charge in [-0.3, -0.25) is 4.79 Å². The number of carbonyl (C=O) groups excluding carboxylic acids is 1. The normalized spacial score (nSPS) is 11.5. The van der Waals surface area contributed by atoms with Gasteiger partial charge in [0, 0.05) is 12.8 Å². The van der Waals surface area contributed by atoms with Crippen molar-refractivity contribution in [2.45, 2.75) is 69.6 Å². The highest BCUT2D eigenvalue weighted by molar-refractivity contribution is 7.89. The van der Waals surface area contributed by atoms with E-state index in [0.29, 0.717) is 18.0 Å². The maximum Gasteiger partial charge on any atom is 0.240 e. The maximum atomic E-state index is 12.2. The van der Waals surface area contributed by atoms with Gasteiger partial charge in [0.1, 0.15) is 5.01 Å². The summed E-state index contributed by atoms with van der Waals surface area (Å²) in [5.41, 5.74) is 0.899. The molecule has 1 amide bonds. The summed E-state index contributed by atoms with van der Waals surface area (Å²) in [5, 5.41) is 12.5. The van der Waals surface area contributed by atoms with E-state index in [0.717, 1.165) is 23.4 Å². The molecule has 0 saturated carbocycles. The number of aromatic nitrogens is 2. The van der Waals surface area contributed by atoms with E-state index in [1.807, 2.05) is 0 Å². The Kier molecular flexibility index (Phi) is 9.69. The van der Waals surface area contributed by atoms with E-state index in [1.54, 1.807) is 24.3 Å². The van der Waals surface area contributed by atoms with Gasteiger partial charge in [-0.05, 0) is 37.6 Å². The van der Waals surface area contributed by atoms with Gasteiger partial charge < -0.3 is 5.32 Å². The van der Waals surface area contributed by atoms with Gasteiger partial charge in [0.05, 0.1) is 4.90 Å². The van der Waals surface area contributed by atoms with Crippen molar-refractivity contribution >= 4 is 32.4 Å². The van der Waals surface area contributed by atoms with Crippen LogP contribution in [-0.4, -0.2) is 31.6 Å². The van der Waals surface area contributed by atoms with Gasteiger partial charge in [0.2, 0.25) is 21.1 Å². The molecular weight excluding hydrogens is 408 g/mol. The second-order valence-corrected chi connectivity index (χ2v) is 9.87. The Hall–Kier alpha value is -1.84. The van der Waals surface area contributed by atoms with Crippen LogP contribution in [0.15, 0.2) is 29.2 Å². The number of aryl methyl sites for hydroxylation is 2. The fourth-order valence-corrected chi connectivity index (χ4v) is 4.38. The van der Waals surface area contributed by atoms with Crippen LogP contribution >= 0.6 is 11.3 Å². The topological polar surface area (TPSA) is 101 Å². The molecule has 0 aliphatic heterocycles. The van der Waals surface area contributed by atoms with E-state index in [-0.39, 0.29) is 10.8 Å². The number of unbranched alkanes of at least 4 members (excludes halogenated alkanes) is 5. The number of nitrogens with zero attached hydrogens (tertiary/aromatic N) is 2. The molecule has 7 nitrogen and oxygen atoms in total. The zero-order valence-corrected chi connectivity index (χ0v) is 18.7. The minimum absolute atomic E-state index is 0.126. The first-order valence-electron chi connectivity index (χ1n) is 10.1. The van der Waals surface area contributed by atoms with Crippen molar-refractivity contribution in [3.8, 4) is 0 Å². The molecule has 0 spiro atoms. The molecule has 2 aromatic rings. The largest absolute Gasteiger partial charge is 0.301 e. The lowest BCUT2D eigenvalue weighted by atomic mass is 10.1. The lowest BCUT2D eigenvalue weighted by Crippen LogP contribution is -2.18. The molecule has 0 radical (unpaired) electrons. The van der Waals surface area contributed by atoms with E-state index in [4.69, 9.17) is 0 Å². The van der Waals surface area contributed by atoms with Gasteiger partial charge in [-0.1, -0.05) is 62.5 Å². The van der Waals surface area contributed by atoms with E-state index in [9.17, 15) is 13.2 Å². The number of anilines is 1. The van der Waals surface area contributed by atoms with Gasteiger partial charge in [0.25, 0.3) is 0 Å². The standard InChI is InChI=1S/C20H30N4O3S2/c1-3-4-5-6-7-8-9-19-23-24-20(28-19)22-18(25)15-12-16-10-13-17(14-11-16)29(26,27)21-2/h10-11,13-14,21H,3-9,12,15H2,1-2H3,(H,22,24,25). The van der Waals surface area contributed by atoms with Crippen LogP contribution in [0.3, 0.4) is 0 Å². The monoisotopic (exact) mass is 438 g/mol. The van der Waals surface area contributed by atoms with Crippen LogP contribution in [-0.2, 0) is 27.7 Å². The highest BCUT2D eigenvalue weighted by atomic mass is 32.2. The van der Waals surface area contributed by atoms with Crippen molar-refractivity contribution in [2.24, 2.45) is 0 Å². The van der Waals surface area contributed by atoms with E-state index < -0.39 is 10.0 Å². The van der Waals surface area contributed by atoms with Crippen LogP contribution in [0.2, 0.25) is 0 Å². The number of hydrogen-bond donors (Lipinski definition) is 2. The summed E-state index contributed by atoms with van der Waals surface area (Å²) in [6.45, 7) is 2.21. The number of hydrogen-bond acceptors (Lipinski definition) is 6. The fourth-order valence-electron chi connectivity index (χ4n) is 2.85. The summed E-state index contributed by atoms with van der Waals surface area (Å²) in [6.07, 6.45) is 9.14. The zero-order valence-electron chi connectivity index (χ0n) is 17.1. The molecule has 1 aromatic heterocycles. The predicted octanol–water partition coefficient (Wildman–Crippen LogP) is 3.92. The Morgan fingerprint density at radius 1 is 1.00 bits per heavy atom. The first kappa shape index (κ1) is 23.4. The highest BCUT2D eigenvalue weighted by Crippen LogP contribution is 2.19. The first-order chi connectivity index (χ1) is 13.9. The lowest BCUT2D eigenvalue weighted by molar-refractivity contribution is -0.116. The number of amides is 1. The first-order valence-corrected chi connectivity index (χ1v) is 12.4. The van der Waals surface area contributed by atoms with Crippen molar-refractivity contribution in [3.05, 3.63) is 34.8 Å². The quantitative estimate of drug-likeness (QED) is 0.462. The molecular formula is C20H30N4O3S2. The number of nitrogens with one attached hydrogen (secondary N) is 2. The Labute approximate surface area is 177 Å². The van der Waals surface area contributed by atoms with Crippen molar-refractivity contribution < 1.29 is 13.2 Å². The fraction of sp³-hybridized carbons (Fsp3) is 0.550. The third-order valence-corrected chi connectivity index (χ3v) is 6.93. The minimum Gasteiger partial charge on any atom is -0.301 e. The van der Waals surface area contributed by atoms with Gasteiger partial charge in [-0.15, -0.1) is 10.2 Å². The molecule has 1 aromatic carbocycles. The van der Waals surface area contributed by atoms with Gasteiger partial charge in [0.15, 0.2) is 0 Å². The molecule has 0 saturated heterocycles. The highest BCUT2D eigenvalue weighted by Gasteiger charge is 2.12. The molecule has 29 heavy (non-hydrogen) atoms. The van der Waals surface area contributed by atoms with Crippen molar-refractivity contribution in [1.82, 2.24) is 14.9 Å². The summed E-state index contributed by atoms with van der Waals surface area (Å²) < 4.78 is 25.7. The van der Waals surface area contributed by atoms with Gasteiger partial charge in [-0.25, -0.2) is 13.1 Å². The molecule has 0 unspecified atom stereocenters. The molecule has 2 rings (SSSR count). The molecule has 160 valence electrons. The van der Waals surface area contributed by atoms with E-state index in [2.05, 4.69) is 27.2 Å². The second-order valence-electron chi connectivity index (χ2n) is 6.92. The molecule has 1 heterocycles. The van der Waals surface area contributed by atoms with Crippen LogP contribution in [0.25, 0.3) is 0 Å².